The standard InChI is InChI=1S/C60H96FN5O19/c1-16-45-60(11,74)51(69)34(5)47(64-79-17-2)32(3)29-58(9,75-14)52(84-56-49(68)44(65(12)13)26-33(4)80-56)35(6)50(36(7)55(72)82-45)83-46-30-59(10,76-15)53(37(8)81-46)85-57(73)63-21-23-78-25-24-77-22-20-62-42-28-43-39(27-41(42)61)48(67)40(54(70)71)31-66(43)38-18-19-38/h27-28,31-38,44-46,49-53,56,62,68-69,74H,16-26,29-30H2,1-15H3,(H,63,73)(H,70,71)/t32-,33-,34+,35+,36-,37+,44+,45-,46?,49-,50+,51-,52-,53+,56?,58-,59-,60-/m1/s1. The molecule has 85 heavy (non-hydrogen) atoms. The van der Waals surface area contributed by atoms with Gasteiger partial charge in [-0.1, -0.05) is 32.9 Å². The number of aliphatic hydroxyl groups is 3. The topological polar surface area (TPSA) is 295 Å². The zero-order valence-electron chi connectivity index (χ0n) is 52.3. The molecular formula is C60H96FN5O19. The summed E-state index contributed by atoms with van der Waals surface area (Å²) >= 11 is 0. The van der Waals surface area contributed by atoms with Gasteiger partial charge < -0.3 is 92.7 Å². The summed E-state index contributed by atoms with van der Waals surface area (Å²) in [5.41, 5.74) is -4.55. The zero-order valence-corrected chi connectivity index (χ0v) is 52.3. The molecule has 482 valence electrons. The van der Waals surface area contributed by atoms with Crippen LogP contribution in [-0.4, -0.2) is 212 Å². The highest BCUT2D eigenvalue weighted by atomic mass is 19.1. The molecule has 18 atom stereocenters. The number of rotatable bonds is 23. The third-order valence-corrected chi connectivity index (χ3v) is 17.5. The number of hydrogen-bond acceptors (Lipinski definition) is 21. The number of aromatic nitrogens is 1. The van der Waals surface area contributed by atoms with Crippen molar-refractivity contribution >= 4 is 40.3 Å². The molecule has 4 fully saturated rings. The van der Waals surface area contributed by atoms with E-state index in [2.05, 4.69) is 15.8 Å². The van der Waals surface area contributed by atoms with Gasteiger partial charge in [0.25, 0.3) is 0 Å². The highest BCUT2D eigenvalue weighted by Crippen LogP contribution is 2.43. The first-order valence-electron chi connectivity index (χ1n) is 29.9. The maximum Gasteiger partial charge on any atom is 0.407 e. The Kier molecular flexibility index (Phi) is 24.5. The summed E-state index contributed by atoms with van der Waals surface area (Å²) in [6.07, 6.45) is -7.12. The van der Waals surface area contributed by atoms with Crippen LogP contribution in [0.2, 0.25) is 0 Å². The molecule has 6 N–H and O–H groups in total. The van der Waals surface area contributed by atoms with Gasteiger partial charge in [-0.3, -0.25) is 9.59 Å². The number of carbonyl (C=O) groups excluding carboxylic acids is 2. The molecule has 0 spiro atoms. The van der Waals surface area contributed by atoms with Crippen molar-refractivity contribution in [1.82, 2.24) is 14.8 Å². The lowest BCUT2D eigenvalue weighted by molar-refractivity contribution is -0.319. The first kappa shape index (κ1) is 69.5. The Morgan fingerprint density at radius 2 is 1.53 bits per heavy atom. The Balaban J connectivity index is 1.12. The fourth-order valence-electron chi connectivity index (χ4n) is 12.4. The van der Waals surface area contributed by atoms with Crippen molar-refractivity contribution in [3.8, 4) is 0 Å². The number of methoxy groups -OCH3 is 2. The number of anilines is 1. The van der Waals surface area contributed by atoms with E-state index in [9.17, 15) is 39.6 Å². The van der Waals surface area contributed by atoms with Gasteiger partial charge in [0.05, 0.1) is 85.4 Å². The van der Waals surface area contributed by atoms with Crippen molar-refractivity contribution in [3.05, 3.63) is 39.9 Å². The van der Waals surface area contributed by atoms with E-state index in [1.807, 2.05) is 46.7 Å². The second-order valence-corrected chi connectivity index (χ2v) is 24.3. The van der Waals surface area contributed by atoms with Gasteiger partial charge in [0.15, 0.2) is 18.7 Å². The van der Waals surface area contributed by atoms with Gasteiger partial charge in [-0.15, -0.1) is 0 Å². The molecular weight excluding hydrogens is 1110 g/mol. The molecule has 4 aliphatic rings. The van der Waals surface area contributed by atoms with Crippen molar-refractivity contribution < 1.29 is 91.4 Å². The lowest BCUT2D eigenvalue weighted by atomic mass is 9.73. The molecule has 3 saturated heterocycles. The van der Waals surface area contributed by atoms with Crippen molar-refractivity contribution in [3.63, 3.8) is 0 Å². The molecule has 24 nitrogen and oxygen atoms in total. The predicted octanol–water partition coefficient (Wildman–Crippen LogP) is 5.63. The van der Waals surface area contributed by atoms with E-state index < -0.39 is 131 Å². The number of alkyl carbamates (subject to hydrolysis) is 1. The number of carboxylic acid groups (broad SMARTS) is 1. The molecule has 0 radical (unpaired) electrons. The number of fused-ring (bicyclic) bond motifs is 1. The number of carbonyl (C=O) groups is 3. The number of oxime groups is 1. The molecule has 0 bridgehead atoms. The molecule has 1 aliphatic carbocycles. The molecule has 1 saturated carbocycles. The quantitative estimate of drug-likeness (QED) is 0.0446. The van der Waals surface area contributed by atoms with Gasteiger partial charge in [-0.2, -0.15) is 0 Å². The molecule has 6 rings (SSSR count). The largest absolute Gasteiger partial charge is 0.477 e. The highest BCUT2D eigenvalue weighted by Gasteiger charge is 2.55. The third kappa shape index (κ3) is 16.6. The summed E-state index contributed by atoms with van der Waals surface area (Å²) in [4.78, 5) is 60.2. The number of halogens is 1. The Morgan fingerprint density at radius 1 is 0.882 bits per heavy atom. The second kappa shape index (κ2) is 30.0. The van der Waals surface area contributed by atoms with E-state index in [4.69, 9.17) is 52.2 Å². The van der Waals surface area contributed by atoms with E-state index in [0.717, 1.165) is 18.9 Å². The van der Waals surface area contributed by atoms with Gasteiger partial charge in [-0.25, -0.2) is 14.0 Å². The summed E-state index contributed by atoms with van der Waals surface area (Å²) in [5, 5.41) is 55.8. The van der Waals surface area contributed by atoms with Crippen LogP contribution >= 0.6 is 0 Å². The van der Waals surface area contributed by atoms with Gasteiger partial charge in [0.2, 0.25) is 5.43 Å². The van der Waals surface area contributed by atoms with Crippen LogP contribution < -0.4 is 16.1 Å². The summed E-state index contributed by atoms with van der Waals surface area (Å²) in [6, 6.07) is 2.29. The van der Waals surface area contributed by atoms with Crippen LogP contribution in [0.4, 0.5) is 14.9 Å². The monoisotopic (exact) mass is 1210 g/mol. The van der Waals surface area contributed by atoms with Crippen molar-refractivity contribution in [2.45, 2.75) is 205 Å². The molecule has 2 aromatic rings. The lowest BCUT2D eigenvalue weighted by Gasteiger charge is -2.50. The SMILES string of the molecule is CCON=C1[C@H](C)C[C@@](C)(OC)[C@H](OC2O[C@H](C)C[C@H](N(C)C)[C@H]2O)[C@@H](C)[C@H](OC2C[C@@](C)(OC)[C@@H](OC(=O)NCCOCCOCCNc3cc4c(cc3F)c(=O)c(C(=O)O)cn4C3CC3)[C@H](C)O2)[C@@H](C)C(=O)O[C@H](CC)[C@@](C)(O)[C@H](O)[C@H]1C. The number of likely N-dealkylation sites (N-methyl/N-ethyl adjacent to an activating group) is 1. The molecule has 2 unspecified atom stereocenters. The number of nitrogens with zero attached hydrogens (tertiary/aromatic N) is 3. The van der Waals surface area contributed by atoms with Crippen molar-refractivity contribution in [2.75, 3.05) is 79.8 Å². The van der Waals surface area contributed by atoms with Crippen LogP contribution in [0.5, 0.6) is 0 Å². The molecule has 4 heterocycles. The summed E-state index contributed by atoms with van der Waals surface area (Å²) in [7, 11) is 6.78. The minimum Gasteiger partial charge on any atom is -0.477 e. The number of esters is 1. The number of cyclic esters (lactones) is 1. The van der Waals surface area contributed by atoms with Crippen LogP contribution in [0.25, 0.3) is 10.9 Å². The number of amides is 1. The van der Waals surface area contributed by atoms with Crippen molar-refractivity contribution in [2.24, 2.45) is 28.8 Å². The zero-order chi connectivity index (χ0) is 62.9. The first-order valence-corrected chi connectivity index (χ1v) is 29.9. The van der Waals surface area contributed by atoms with Crippen molar-refractivity contribution in [1.29, 1.82) is 0 Å². The van der Waals surface area contributed by atoms with Crippen LogP contribution in [0.3, 0.4) is 0 Å². The van der Waals surface area contributed by atoms with E-state index in [-0.39, 0.29) is 94.6 Å². The molecule has 1 aromatic heterocycles. The van der Waals surface area contributed by atoms with Gasteiger partial charge in [-0.05, 0) is 107 Å². The number of carboxylic acids is 1. The normalized spacial score (nSPS) is 35.7. The van der Waals surface area contributed by atoms with Gasteiger partial charge >= 0.3 is 18.0 Å². The average molecular weight is 1210 g/mol. The Bertz CT molecular complexity index is 2640. The average Bonchev–Trinajstić information content (AvgIpc) is 3.47. The number of nitrogens with one attached hydrogen (secondary N) is 2. The third-order valence-electron chi connectivity index (χ3n) is 17.5. The maximum atomic E-state index is 15.1. The van der Waals surface area contributed by atoms with Crippen LogP contribution in [0.1, 0.15) is 131 Å². The number of hydrogen-bond donors (Lipinski definition) is 6. The molecule has 3 aliphatic heterocycles. The summed E-state index contributed by atoms with van der Waals surface area (Å²) in [6.45, 7) is 20.6. The molecule has 25 heteroatoms. The summed E-state index contributed by atoms with van der Waals surface area (Å²) in [5.74, 6) is -5.96. The predicted molar refractivity (Wildman–Crippen MR) is 311 cm³/mol. The Hall–Kier alpha value is -4.64. The first-order chi connectivity index (χ1) is 40.1. The molecule has 1 amide bonds. The van der Waals surface area contributed by atoms with E-state index in [0.29, 0.717) is 17.6 Å². The maximum absolute atomic E-state index is 15.1. The number of ether oxygens (including phenoxy) is 10. The van der Waals surface area contributed by atoms with Crippen LogP contribution in [0.15, 0.2) is 28.3 Å². The number of aliphatic hydroxyl groups excluding tert-OH is 2. The van der Waals surface area contributed by atoms with Crippen LogP contribution in [-0.2, 0) is 57.0 Å². The highest BCUT2D eigenvalue weighted by molar-refractivity contribution is 5.93. The Labute approximate surface area is 498 Å². The number of benzene rings is 1. The fourth-order valence-corrected chi connectivity index (χ4v) is 12.4. The second-order valence-electron chi connectivity index (χ2n) is 24.3. The number of aromatic carboxylic acids is 1. The smallest absolute Gasteiger partial charge is 0.407 e. The summed E-state index contributed by atoms with van der Waals surface area (Å²) < 4.78 is 79.8. The van der Waals surface area contributed by atoms with E-state index in [1.54, 1.807) is 53.2 Å². The van der Waals surface area contributed by atoms with E-state index >= 15 is 4.39 Å². The fraction of sp³-hybridized carbons (Fsp3) is 0.783. The lowest BCUT2D eigenvalue weighted by Crippen LogP contribution is -2.62. The Morgan fingerprint density at radius 3 is 2.13 bits per heavy atom. The van der Waals surface area contributed by atoms with Crippen LogP contribution in [0, 0.1) is 29.5 Å². The van der Waals surface area contributed by atoms with Gasteiger partial charge in [0.1, 0.15) is 41.4 Å². The minimum atomic E-state index is -1.96. The molecule has 1 aromatic carbocycles. The number of pyridine rings is 1. The minimum absolute atomic E-state index is 0.00291. The van der Waals surface area contributed by atoms with E-state index in [1.165, 1.54) is 26.3 Å². The van der Waals surface area contributed by atoms with Gasteiger partial charge in [0, 0.05) is 75.2 Å².